The molecule has 0 aliphatic carbocycles. The van der Waals surface area contributed by atoms with Crippen molar-refractivity contribution in [1.82, 2.24) is 0 Å². The van der Waals surface area contributed by atoms with Crippen molar-refractivity contribution >= 4 is 11.8 Å². The van der Waals surface area contributed by atoms with Crippen LogP contribution in [0.4, 0.5) is 4.39 Å². The molecule has 2 aromatic carbocycles. The Morgan fingerprint density at radius 2 is 1.37 bits per heavy atom. The van der Waals surface area contributed by atoms with Crippen LogP contribution in [0.25, 0.3) is 11.1 Å². The highest BCUT2D eigenvalue weighted by atomic mass is 19.1. The van der Waals surface area contributed by atoms with Gasteiger partial charge in [0, 0.05) is 5.56 Å². The molecule has 0 unspecified atom stereocenters. The molecule has 0 fully saturated rings. The Morgan fingerprint density at radius 1 is 0.895 bits per heavy atom. The summed E-state index contributed by atoms with van der Waals surface area (Å²) in [4.78, 5) is 22.6. The lowest BCUT2D eigenvalue weighted by atomic mass is 10.0. The van der Waals surface area contributed by atoms with Gasteiger partial charge in [0.2, 0.25) is 0 Å². The Labute approximate surface area is 109 Å². The van der Waals surface area contributed by atoms with E-state index < -0.39 is 11.8 Å². The van der Waals surface area contributed by atoms with E-state index in [1.807, 2.05) is 0 Å². The molecule has 2 aromatic rings. The Bertz CT molecular complexity index is 600. The molecule has 3 nitrogen and oxygen atoms in total. The number of halogens is 1. The molecule has 0 aliphatic heterocycles. The molecule has 0 saturated carbocycles. The van der Waals surface area contributed by atoms with Gasteiger partial charge in [-0.2, -0.15) is 0 Å². The summed E-state index contributed by atoms with van der Waals surface area (Å²) in [5.41, 5.74) is 1.93. The summed E-state index contributed by atoms with van der Waals surface area (Å²) in [6.45, 7) is 0. The van der Waals surface area contributed by atoms with Gasteiger partial charge in [-0.1, -0.05) is 36.4 Å². The first kappa shape index (κ1) is 13.0. The number of ketones is 1. The van der Waals surface area contributed by atoms with Gasteiger partial charge < -0.3 is 4.74 Å². The van der Waals surface area contributed by atoms with Crippen LogP contribution in [-0.4, -0.2) is 18.9 Å². The van der Waals surface area contributed by atoms with Crippen molar-refractivity contribution in [3.8, 4) is 11.1 Å². The number of esters is 1. The van der Waals surface area contributed by atoms with Crippen LogP contribution in [0.15, 0.2) is 48.5 Å². The Kier molecular flexibility index (Phi) is 3.71. The number of hydrogen-bond donors (Lipinski definition) is 0. The number of benzene rings is 2. The minimum atomic E-state index is -0.894. The summed E-state index contributed by atoms with van der Waals surface area (Å²) in [5, 5.41) is 0. The molecule has 0 amide bonds. The van der Waals surface area contributed by atoms with Crippen molar-refractivity contribution in [1.29, 1.82) is 0 Å². The smallest absolute Gasteiger partial charge is 0.379 e. The molecule has 0 spiro atoms. The number of carbonyl (C=O) groups is 2. The van der Waals surface area contributed by atoms with Gasteiger partial charge in [0.15, 0.2) is 0 Å². The van der Waals surface area contributed by atoms with Crippen LogP contribution in [0.2, 0.25) is 0 Å². The lowest BCUT2D eigenvalue weighted by molar-refractivity contribution is -0.135. The van der Waals surface area contributed by atoms with Crippen molar-refractivity contribution in [3.05, 3.63) is 59.9 Å². The molecule has 4 heteroatoms. The number of Topliss-reactive ketones (excluding diaryl/α,β-unsaturated/α-hetero) is 1. The van der Waals surface area contributed by atoms with Crippen molar-refractivity contribution in [2.75, 3.05) is 7.11 Å². The van der Waals surface area contributed by atoms with Gasteiger partial charge in [0.05, 0.1) is 7.11 Å². The highest BCUT2D eigenvalue weighted by Crippen LogP contribution is 2.20. The summed E-state index contributed by atoms with van der Waals surface area (Å²) < 4.78 is 17.2. The maximum absolute atomic E-state index is 12.8. The topological polar surface area (TPSA) is 43.4 Å². The van der Waals surface area contributed by atoms with Gasteiger partial charge in [-0.15, -0.1) is 0 Å². The minimum absolute atomic E-state index is 0.262. The van der Waals surface area contributed by atoms with Gasteiger partial charge in [0.1, 0.15) is 5.82 Å². The third kappa shape index (κ3) is 2.85. The molecule has 0 atom stereocenters. The van der Waals surface area contributed by atoms with Gasteiger partial charge in [-0.25, -0.2) is 9.18 Å². The number of carbonyl (C=O) groups excluding carboxylic acids is 2. The SMILES string of the molecule is COC(=O)C(=O)c1ccc(-c2ccc(F)cc2)cc1. The second-order valence-corrected chi connectivity index (χ2v) is 3.90. The fraction of sp³-hybridized carbons (Fsp3) is 0.0667. The monoisotopic (exact) mass is 258 g/mol. The average molecular weight is 258 g/mol. The zero-order valence-electron chi connectivity index (χ0n) is 10.2. The summed E-state index contributed by atoms with van der Waals surface area (Å²) in [6, 6.07) is 12.5. The maximum atomic E-state index is 12.8. The lowest BCUT2D eigenvalue weighted by Gasteiger charge is -2.03. The molecule has 0 N–H and O–H groups in total. The zero-order chi connectivity index (χ0) is 13.8. The second kappa shape index (κ2) is 5.44. The normalized spacial score (nSPS) is 10.0. The van der Waals surface area contributed by atoms with Crippen LogP contribution in [0.3, 0.4) is 0 Å². The molecular weight excluding hydrogens is 247 g/mol. The molecule has 0 aromatic heterocycles. The fourth-order valence-electron chi connectivity index (χ4n) is 1.67. The molecule has 0 radical (unpaired) electrons. The van der Waals surface area contributed by atoms with E-state index >= 15 is 0 Å². The third-order valence-corrected chi connectivity index (χ3v) is 2.70. The van der Waals surface area contributed by atoms with Gasteiger partial charge in [-0.05, 0) is 23.3 Å². The maximum Gasteiger partial charge on any atom is 0.379 e. The molecule has 0 aliphatic rings. The van der Waals surface area contributed by atoms with Crippen LogP contribution in [-0.2, 0) is 9.53 Å². The Morgan fingerprint density at radius 3 is 1.84 bits per heavy atom. The molecule has 2 rings (SSSR count). The predicted molar refractivity (Wildman–Crippen MR) is 68.2 cm³/mol. The van der Waals surface area contributed by atoms with Crippen LogP contribution >= 0.6 is 0 Å². The highest BCUT2D eigenvalue weighted by Gasteiger charge is 2.16. The zero-order valence-corrected chi connectivity index (χ0v) is 10.2. The van der Waals surface area contributed by atoms with E-state index in [9.17, 15) is 14.0 Å². The van der Waals surface area contributed by atoms with E-state index in [1.54, 1.807) is 24.3 Å². The predicted octanol–water partition coefficient (Wildman–Crippen LogP) is 2.85. The summed E-state index contributed by atoms with van der Waals surface area (Å²) >= 11 is 0. The Balaban J connectivity index is 2.26. The third-order valence-electron chi connectivity index (χ3n) is 2.70. The molecule has 0 heterocycles. The second-order valence-electron chi connectivity index (χ2n) is 3.90. The minimum Gasteiger partial charge on any atom is -0.463 e. The number of hydrogen-bond acceptors (Lipinski definition) is 3. The van der Waals surface area contributed by atoms with E-state index in [0.717, 1.165) is 18.2 Å². The standard InChI is InChI=1S/C15H11FO3/c1-19-15(18)14(17)12-4-2-10(3-5-12)11-6-8-13(16)9-7-11/h2-9H,1H3. The van der Waals surface area contributed by atoms with Crippen LogP contribution in [0, 0.1) is 5.82 Å². The number of ether oxygens (including phenoxy) is 1. The van der Waals surface area contributed by atoms with Crippen molar-refractivity contribution in [3.63, 3.8) is 0 Å². The summed E-state index contributed by atoms with van der Waals surface area (Å²) in [6.07, 6.45) is 0. The van der Waals surface area contributed by atoms with Crippen LogP contribution < -0.4 is 0 Å². The average Bonchev–Trinajstić information content (AvgIpc) is 2.46. The van der Waals surface area contributed by atoms with Crippen molar-refractivity contribution < 1.29 is 18.7 Å². The number of methoxy groups -OCH3 is 1. The molecule has 96 valence electrons. The van der Waals surface area contributed by atoms with Gasteiger partial charge >= 0.3 is 5.97 Å². The van der Waals surface area contributed by atoms with E-state index in [0.29, 0.717) is 0 Å². The Hall–Kier alpha value is -2.49. The van der Waals surface area contributed by atoms with E-state index in [-0.39, 0.29) is 11.4 Å². The van der Waals surface area contributed by atoms with E-state index in [4.69, 9.17) is 0 Å². The first-order valence-electron chi connectivity index (χ1n) is 5.60. The summed E-state index contributed by atoms with van der Waals surface area (Å²) in [5.74, 6) is -1.89. The quantitative estimate of drug-likeness (QED) is 0.483. The van der Waals surface area contributed by atoms with Crippen LogP contribution in [0.1, 0.15) is 10.4 Å². The fourth-order valence-corrected chi connectivity index (χ4v) is 1.67. The largest absolute Gasteiger partial charge is 0.463 e. The molecule has 0 bridgehead atoms. The first-order valence-corrected chi connectivity index (χ1v) is 5.60. The molecule has 0 saturated heterocycles. The molecule has 19 heavy (non-hydrogen) atoms. The number of rotatable bonds is 3. The first-order chi connectivity index (χ1) is 9.11. The van der Waals surface area contributed by atoms with E-state index in [1.165, 1.54) is 24.3 Å². The highest BCUT2D eigenvalue weighted by molar-refractivity contribution is 6.40. The lowest BCUT2D eigenvalue weighted by Crippen LogP contribution is -2.15. The van der Waals surface area contributed by atoms with Gasteiger partial charge in [-0.3, -0.25) is 4.79 Å². The molecular formula is C15H11FO3. The van der Waals surface area contributed by atoms with Crippen LogP contribution in [0.5, 0.6) is 0 Å². The van der Waals surface area contributed by atoms with Crippen molar-refractivity contribution in [2.45, 2.75) is 0 Å². The van der Waals surface area contributed by atoms with Crippen molar-refractivity contribution in [2.24, 2.45) is 0 Å². The van der Waals surface area contributed by atoms with E-state index in [2.05, 4.69) is 4.74 Å². The van der Waals surface area contributed by atoms with Gasteiger partial charge in [0.25, 0.3) is 5.78 Å². The summed E-state index contributed by atoms with van der Waals surface area (Å²) in [7, 11) is 1.16.